The van der Waals surface area contributed by atoms with E-state index in [0.29, 0.717) is 32.7 Å². The summed E-state index contributed by atoms with van der Waals surface area (Å²) in [6, 6.07) is 23.6. The van der Waals surface area contributed by atoms with Gasteiger partial charge in [0.1, 0.15) is 12.4 Å². The van der Waals surface area contributed by atoms with E-state index in [0.717, 1.165) is 23.1 Å². The third kappa shape index (κ3) is 6.04. The van der Waals surface area contributed by atoms with E-state index in [2.05, 4.69) is 12.1 Å². The highest BCUT2D eigenvalue weighted by Crippen LogP contribution is 2.20. The fraction of sp³-hybridized carbons (Fsp3) is 0.292. The monoisotopic (exact) mass is 391 g/mol. The van der Waals surface area contributed by atoms with Gasteiger partial charge in [-0.25, -0.2) is 0 Å². The molecule has 0 bridgehead atoms. The first kappa shape index (κ1) is 20.8. The molecule has 29 heavy (non-hydrogen) atoms. The first-order chi connectivity index (χ1) is 14.2. The lowest BCUT2D eigenvalue weighted by Gasteiger charge is -2.26. The van der Waals surface area contributed by atoms with Gasteiger partial charge in [-0.3, -0.25) is 4.79 Å². The van der Waals surface area contributed by atoms with Crippen LogP contribution in [0.4, 0.5) is 0 Å². The van der Waals surface area contributed by atoms with E-state index in [-0.39, 0.29) is 5.91 Å². The highest BCUT2D eigenvalue weighted by Gasteiger charge is 2.21. The van der Waals surface area contributed by atoms with Crippen LogP contribution in [-0.4, -0.2) is 36.5 Å². The fourth-order valence-electron chi connectivity index (χ4n) is 3.30. The summed E-state index contributed by atoms with van der Waals surface area (Å²) in [4.78, 5) is 14.7. The maximum atomic E-state index is 12.9. The van der Waals surface area contributed by atoms with Gasteiger partial charge < -0.3 is 21.1 Å². The summed E-state index contributed by atoms with van der Waals surface area (Å²) in [7, 11) is 0. The molecule has 3 aromatic carbocycles. The number of amides is 1. The summed E-state index contributed by atoms with van der Waals surface area (Å²) in [5.41, 5.74) is 12.7. The van der Waals surface area contributed by atoms with Crippen molar-refractivity contribution in [3.8, 4) is 5.75 Å². The van der Waals surface area contributed by atoms with Gasteiger partial charge in [0.25, 0.3) is 0 Å². The Balaban J connectivity index is 1.64. The topological polar surface area (TPSA) is 81.6 Å². The molecule has 4 N–H and O–H groups in total. The van der Waals surface area contributed by atoms with Crippen LogP contribution in [0.3, 0.4) is 0 Å². The lowest BCUT2D eigenvalue weighted by Crippen LogP contribution is -2.45. The molecule has 0 heterocycles. The van der Waals surface area contributed by atoms with Gasteiger partial charge in [0, 0.05) is 6.54 Å². The largest absolute Gasteiger partial charge is 0.492 e. The van der Waals surface area contributed by atoms with Crippen molar-refractivity contribution in [1.82, 2.24) is 4.90 Å². The van der Waals surface area contributed by atoms with Gasteiger partial charge in [-0.15, -0.1) is 0 Å². The SMILES string of the molecule is NCCC[C@@H](N)C(=O)N(CCOc1ccc2ccccc2c1)Cc1ccccc1. The van der Waals surface area contributed by atoms with Crippen molar-refractivity contribution in [2.45, 2.75) is 25.4 Å². The average molecular weight is 392 g/mol. The number of hydrogen-bond donors (Lipinski definition) is 2. The van der Waals surface area contributed by atoms with E-state index in [9.17, 15) is 4.79 Å². The summed E-state index contributed by atoms with van der Waals surface area (Å²) in [5, 5.41) is 2.30. The summed E-state index contributed by atoms with van der Waals surface area (Å²) < 4.78 is 5.94. The molecule has 0 aliphatic heterocycles. The summed E-state index contributed by atoms with van der Waals surface area (Å²) >= 11 is 0. The van der Waals surface area contributed by atoms with Crippen molar-refractivity contribution in [3.63, 3.8) is 0 Å². The number of benzene rings is 3. The second-order valence-corrected chi connectivity index (χ2v) is 7.14. The molecule has 0 aliphatic rings. The molecule has 0 saturated carbocycles. The predicted octanol–water partition coefficient (Wildman–Crippen LogP) is 3.31. The highest BCUT2D eigenvalue weighted by atomic mass is 16.5. The molecule has 152 valence electrons. The Hall–Kier alpha value is -2.89. The van der Waals surface area contributed by atoms with Gasteiger partial charge >= 0.3 is 0 Å². The maximum absolute atomic E-state index is 12.9. The van der Waals surface area contributed by atoms with Gasteiger partial charge in [0.05, 0.1) is 12.6 Å². The number of ether oxygens (including phenoxy) is 1. The van der Waals surface area contributed by atoms with Crippen LogP contribution in [0, 0.1) is 0 Å². The van der Waals surface area contributed by atoms with Crippen LogP contribution < -0.4 is 16.2 Å². The summed E-state index contributed by atoms with van der Waals surface area (Å²) in [6.45, 7) is 1.92. The van der Waals surface area contributed by atoms with Crippen molar-refractivity contribution >= 4 is 16.7 Å². The second kappa shape index (κ2) is 10.6. The quantitative estimate of drug-likeness (QED) is 0.555. The standard InChI is InChI=1S/C24H29N3O2/c25-14-6-11-23(26)24(28)27(18-19-7-2-1-3-8-19)15-16-29-22-13-12-20-9-4-5-10-21(20)17-22/h1-5,7-10,12-13,17,23H,6,11,14-16,18,25-26H2/t23-/m1/s1. The molecule has 0 aromatic heterocycles. The number of nitrogens with two attached hydrogens (primary N) is 2. The smallest absolute Gasteiger partial charge is 0.239 e. The number of hydrogen-bond acceptors (Lipinski definition) is 4. The number of nitrogens with zero attached hydrogens (tertiary/aromatic N) is 1. The number of carbonyl (C=O) groups is 1. The molecule has 5 nitrogen and oxygen atoms in total. The van der Waals surface area contributed by atoms with Gasteiger partial charge in [0.2, 0.25) is 5.91 Å². The molecule has 0 fully saturated rings. The molecule has 0 spiro atoms. The minimum Gasteiger partial charge on any atom is -0.492 e. The van der Waals surface area contributed by atoms with Crippen LogP contribution in [0.5, 0.6) is 5.75 Å². The van der Waals surface area contributed by atoms with Crippen LogP contribution in [0.15, 0.2) is 72.8 Å². The molecule has 0 unspecified atom stereocenters. The first-order valence-electron chi connectivity index (χ1n) is 10.1. The minimum atomic E-state index is -0.539. The van der Waals surface area contributed by atoms with Crippen LogP contribution in [0.25, 0.3) is 10.8 Å². The second-order valence-electron chi connectivity index (χ2n) is 7.14. The highest BCUT2D eigenvalue weighted by molar-refractivity contribution is 5.83. The third-order valence-corrected chi connectivity index (χ3v) is 4.92. The molecule has 0 saturated heterocycles. The van der Waals surface area contributed by atoms with E-state index in [1.54, 1.807) is 4.90 Å². The third-order valence-electron chi connectivity index (χ3n) is 4.92. The first-order valence-corrected chi connectivity index (χ1v) is 10.1. The van der Waals surface area contributed by atoms with E-state index in [1.807, 2.05) is 60.7 Å². The lowest BCUT2D eigenvalue weighted by atomic mass is 10.1. The van der Waals surface area contributed by atoms with Crippen molar-refractivity contribution in [2.75, 3.05) is 19.7 Å². The molecule has 3 rings (SSSR count). The Morgan fingerprint density at radius 2 is 1.69 bits per heavy atom. The Labute approximate surface area is 172 Å². The minimum absolute atomic E-state index is 0.0654. The van der Waals surface area contributed by atoms with Gasteiger partial charge in [0.15, 0.2) is 0 Å². The number of carbonyl (C=O) groups excluding carboxylic acids is 1. The molecule has 3 aromatic rings. The maximum Gasteiger partial charge on any atom is 0.239 e. The zero-order valence-corrected chi connectivity index (χ0v) is 16.7. The molecule has 1 atom stereocenters. The van der Waals surface area contributed by atoms with Gasteiger partial charge in [-0.1, -0.05) is 60.7 Å². The van der Waals surface area contributed by atoms with Crippen molar-refractivity contribution in [1.29, 1.82) is 0 Å². The van der Waals surface area contributed by atoms with Gasteiger partial charge in [-0.2, -0.15) is 0 Å². The van der Waals surface area contributed by atoms with Crippen molar-refractivity contribution in [2.24, 2.45) is 11.5 Å². The molecular formula is C24H29N3O2. The van der Waals surface area contributed by atoms with Crippen molar-refractivity contribution in [3.05, 3.63) is 78.4 Å². The average Bonchev–Trinajstić information content (AvgIpc) is 2.77. The molecule has 0 radical (unpaired) electrons. The molecule has 1 amide bonds. The molecular weight excluding hydrogens is 362 g/mol. The van der Waals surface area contributed by atoms with Crippen molar-refractivity contribution < 1.29 is 9.53 Å². The predicted molar refractivity (Wildman–Crippen MR) is 118 cm³/mol. The van der Waals surface area contributed by atoms with E-state index < -0.39 is 6.04 Å². The summed E-state index contributed by atoms with van der Waals surface area (Å²) in [6.07, 6.45) is 1.33. The lowest BCUT2D eigenvalue weighted by molar-refractivity contribution is -0.133. The normalized spacial score (nSPS) is 11.9. The number of fused-ring (bicyclic) bond motifs is 1. The fourth-order valence-corrected chi connectivity index (χ4v) is 3.30. The van der Waals surface area contributed by atoms with E-state index in [4.69, 9.17) is 16.2 Å². The zero-order chi connectivity index (χ0) is 20.5. The van der Waals surface area contributed by atoms with Crippen LogP contribution in [0.1, 0.15) is 18.4 Å². The Morgan fingerprint density at radius 1 is 0.966 bits per heavy atom. The molecule has 0 aliphatic carbocycles. The van der Waals surface area contributed by atoms with E-state index >= 15 is 0 Å². The van der Waals surface area contributed by atoms with Crippen LogP contribution in [-0.2, 0) is 11.3 Å². The Bertz CT molecular complexity index is 914. The Morgan fingerprint density at radius 3 is 2.45 bits per heavy atom. The van der Waals surface area contributed by atoms with Crippen LogP contribution in [0.2, 0.25) is 0 Å². The van der Waals surface area contributed by atoms with E-state index in [1.165, 1.54) is 5.39 Å². The number of rotatable bonds is 10. The van der Waals surface area contributed by atoms with Crippen LogP contribution >= 0.6 is 0 Å². The van der Waals surface area contributed by atoms with Gasteiger partial charge in [-0.05, 0) is 47.9 Å². The summed E-state index contributed by atoms with van der Waals surface area (Å²) in [5.74, 6) is 0.729. The molecule has 5 heteroatoms. The zero-order valence-electron chi connectivity index (χ0n) is 16.7. The Kier molecular flexibility index (Phi) is 7.61.